The summed E-state index contributed by atoms with van der Waals surface area (Å²) < 4.78 is 7.41. The number of carbonyl (C=O) groups excluding carboxylic acids is 1. The van der Waals surface area contributed by atoms with Crippen molar-refractivity contribution in [3.8, 4) is 5.69 Å². The highest BCUT2D eigenvalue weighted by Crippen LogP contribution is 2.40. The highest BCUT2D eigenvalue weighted by Gasteiger charge is 2.42. The zero-order valence-corrected chi connectivity index (χ0v) is 17.8. The number of para-hydroxylation sites is 1. The van der Waals surface area contributed by atoms with Gasteiger partial charge in [0.25, 0.3) is 0 Å². The van der Waals surface area contributed by atoms with Gasteiger partial charge in [0.2, 0.25) is 0 Å². The molecule has 3 heterocycles. The van der Waals surface area contributed by atoms with Crippen LogP contribution in [-0.4, -0.2) is 38.7 Å². The SMILES string of the molecule is CCOC(=O)CN1C(=S)N[C@H](c2ccccn2)[C@H]1c1ccc(C)n1-c1ccccc1. The van der Waals surface area contributed by atoms with Crippen molar-refractivity contribution < 1.29 is 9.53 Å². The summed E-state index contributed by atoms with van der Waals surface area (Å²) in [6.45, 7) is 4.28. The van der Waals surface area contributed by atoms with E-state index < -0.39 is 0 Å². The van der Waals surface area contributed by atoms with E-state index in [9.17, 15) is 4.79 Å². The van der Waals surface area contributed by atoms with E-state index in [1.54, 1.807) is 13.1 Å². The van der Waals surface area contributed by atoms with E-state index in [0.29, 0.717) is 11.7 Å². The van der Waals surface area contributed by atoms with Crippen molar-refractivity contribution in [2.45, 2.75) is 25.9 Å². The van der Waals surface area contributed by atoms with E-state index >= 15 is 0 Å². The van der Waals surface area contributed by atoms with Gasteiger partial charge in [0.1, 0.15) is 6.54 Å². The normalized spacial score (nSPS) is 18.3. The molecule has 2 aromatic heterocycles. The summed E-state index contributed by atoms with van der Waals surface area (Å²) in [6.07, 6.45) is 1.77. The Morgan fingerprint density at radius 3 is 2.60 bits per heavy atom. The van der Waals surface area contributed by atoms with Crippen LogP contribution in [-0.2, 0) is 9.53 Å². The first-order valence-corrected chi connectivity index (χ1v) is 10.4. The number of ether oxygens (including phenoxy) is 1. The first-order chi connectivity index (χ1) is 14.6. The van der Waals surface area contributed by atoms with E-state index in [4.69, 9.17) is 17.0 Å². The Kier molecular flexibility index (Phi) is 5.81. The Morgan fingerprint density at radius 2 is 1.90 bits per heavy atom. The Bertz CT molecular complexity index is 1040. The molecule has 1 aromatic carbocycles. The average molecular weight is 421 g/mol. The summed E-state index contributed by atoms with van der Waals surface area (Å²) in [5.74, 6) is -0.303. The number of thiocarbonyl (C=S) groups is 1. The summed E-state index contributed by atoms with van der Waals surface area (Å²) in [5, 5.41) is 3.89. The molecule has 0 saturated carbocycles. The lowest BCUT2D eigenvalue weighted by Crippen LogP contribution is -2.36. The molecule has 1 aliphatic rings. The number of hydrogen-bond donors (Lipinski definition) is 1. The van der Waals surface area contributed by atoms with Crippen LogP contribution >= 0.6 is 12.2 Å². The fourth-order valence-electron chi connectivity index (χ4n) is 3.96. The van der Waals surface area contributed by atoms with Crippen LogP contribution in [0.5, 0.6) is 0 Å². The molecule has 154 valence electrons. The summed E-state index contributed by atoms with van der Waals surface area (Å²) >= 11 is 5.63. The molecule has 1 saturated heterocycles. The van der Waals surface area contributed by atoms with Crippen LogP contribution in [0, 0.1) is 6.92 Å². The standard InChI is InChI=1S/C23H24N4O2S/c1-3-29-20(28)15-26-22(21(25-23(26)30)18-11-7-8-14-24-18)19-13-12-16(2)27(19)17-9-5-4-6-10-17/h4-14,21-22H,3,15H2,1-2H3,(H,25,30)/t21-,22-/m1/s1. The van der Waals surface area contributed by atoms with Crippen LogP contribution in [0.4, 0.5) is 0 Å². The topological polar surface area (TPSA) is 59.4 Å². The van der Waals surface area contributed by atoms with E-state index in [2.05, 4.69) is 46.1 Å². The lowest BCUT2D eigenvalue weighted by molar-refractivity contribution is -0.143. The molecule has 1 aliphatic heterocycles. The number of esters is 1. The van der Waals surface area contributed by atoms with E-state index in [-0.39, 0.29) is 24.6 Å². The Labute approximate surface area is 181 Å². The van der Waals surface area contributed by atoms with Crippen molar-refractivity contribution >= 4 is 23.3 Å². The van der Waals surface area contributed by atoms with Gasteiger partial charge in [-0.05, 0) is 62.5 Å². The second kappa shape index (κ2) is 8.67. The zero-order valence-electron chi connectivity index (χ0n) is 17.0. The van der Waals surface area contributed by atoms with Crippen LogP contribution in [0.3, 0.4) is 0 Å². The fourth-order valence-corrected chi connectivity index (χ4v) is 4.27. The molecule has 3 aromatic rings. The number of nitrogens with zero attached hydrogens (tertiary/aromatic N) is 3. The third kappa shape index (κ3) is 3.80. The molecular weight excluding hydrogens is 396 g/mol. The molecule has 0 aliphatic carbocycles. The van der Waals surface area contributed by atoms with Gasteiger partial charge in [-0.3, -0.25) is 9.78 Å². The molecule has 0 spiro atoms. The largest absolute Gasteiger partial charge is 0.465 e. The molecule has 4 rings (SSSR count). The molecule has 7 heteroatoms. The predicted octanol–water partition coefficient (Wildman–Crippen LogP) is 3.72. The lowest BCUT2D eigenvalue weighted by atomic mass is 10.0. The first kappa shape index (κ1) is 20.1. The van der Waals surface area contributed by atoms with Crippen molar-refractivity contribution in [1.29, 1.82) is 0 Å². The van der Waals surface area contributed by atoms with Gasteiger partial charge in [0.15, 0.2) is 5.11 Å². The summed E-state index contributed by atoms with van der Waals surface area (Å²) in [7, 11) is 0. The second-order valence-electron chi connectivity index (χ2n) is 7.13. The molecule has 0 radical (unpaired) electrons. The summed E-state index contributed by atoms with van der Waals surface area (Å²) in [5.41, 5.74) is 4.06. The number of aromatic nitrogens is 2. The quantitative estimate of drug-likeness (QED) is 0.485. The van der Waals surface area contributed by atoms with Crippen LogP contribution in [0.1, 0.15) is 36.1 Å². The van der Waals surface area contributed by atoms with Crippen molar-refractivity contribution in [1.82, 2.24) is 19.8 Å². The molecule has 2 atom stereocenters. The number of rotatable bonds is 6. The maximum atomic E-state index is 12.4. The average Bonchev–Trinajstić information content (AvgIpc) is 3.29. The number of carbonyl (C=O) groups is 1. The van der Waals surface area contributed by atoms with Crippen molar-refractivity contribution in [3.63, 3.8) is 0 Å². The van der Waals surface area contributed by atoms with Crippen molar-refractivity contribution in [2.75, 3.05) is 13.2 Å². The molecular formula is C23H24N4O2S. The third-order valence-electron chi connectivity index (χ3n) is 5.23. The summed E-state index contributed by atoms with van der Waals surface area (Å²) in [4.78, 5) is 18.8. The number of pyridine rings is 1. The van der Waals surface area contributed by atoms with Crippen LogP contribution in [0.25, 0.3) is 5.69 Å². The predicted molar refractivity (Wildman–Crippen MR) is 119 cm³/mol. The minimum atomic E-state index is -0.303. The molecule has 30 heavy (non-hydrogen) atoms. The van der Waals surface area contributed by atoms with E-state index in [1.807, 2.05) is 41.3 Å². The molecule has 0 unspecified atom stereocenters. The summed E-state index contributed by atoms with van der Waals surface area (Å²) in [6, 6.07) is 19.8. The fraction of sp³-hybridized carbons (Fsp3) is 0.261. The molecule has 1 N–H and O–H groups in total. The number of aryl methyl sites for hydroxylation is 1. The number of hydrogen-bond acceptors (Lipinski definition) is 4. The number of benzene rings is 1. The van der Waals surface area contributed by atoms with Gasteiger partial charge in [-0.1, -0.05) is 24.3 Å². The molecule has 0 bridgehead atoms. The van der Waals surface area contributed by atoms with Gasteiger partial charge in [-0.15, -0.1) is 0 Å². The Morgan fingerprint density at radius 1 is 1.13 bits per heavy atom. The molecule has 6 nitrogen and oxygen atoms in total. The van der Waals surface area contributed by atoms with E-state index in [1.165, 1.54) is 0 Å². The lowest BCUT2D eigenvalue weighted by Gasteiger charge is -2.28. The van der Waals surface area contributed by atoms with Gasteiger partial charge in [0.05, 0.1) is 24.4 Å². The molecule has 0 amide bonds. The smallest absolute Gasteiger partial charge is 0.325 e. The third-order valence-corrected chi connectivity index (χ3v) is 5.58. The number of nitrogens with one attached hydrogen (secondary N) is 1. The van der Waals surface area contributed by atoms with Crippen molar-refractivity contribution in [2.24, 2.45) is 0 Å². The van der Waals surface area contributed by atoms with Gasteiger partial charge in [0, 0.05) is 23.3 Å². The first-order valence-electron chi connectivity index (χ1n) is 9.97. The highest BCUT2D eigenvalue weighted by molar-refractivity contribution is 7.80. The van der Waals surface area contributed by atoms with Gasteiger partial charge < -0.3 is 19.5 Å². The minimum Gasteiger partial charge on any atom is -0.465 e. The minimum absolute atomic E-state index is 0.0761. The monoisotopic (exact) mass is 420 g/mol. The Hall–Kier alpha value is -3.19. The maximum absolute atomic E-state index is 12.4. The Balaban J connectivity index is 1.82. The van der Waals surface area contributed by atoms with Crippen LogP contribution in [0.2, 0.25) is 0 Å². The maximum Gasteiger partial charge on any atom is 0.325 e. The van der Waals surface area contributed by atoms with Gasteiger partial charge in [-0.2, -0.15) is 0 Å². The zero-order chi connectivity index (χ0) is 21.1. The van der Waals surface area contributed by atoms with Gasteiger partial charge in [-0.25, -0.2) is 0 Å². The molecule has 1 fully saturated rings. The second-order valence-corrected chi connectivity index (χ2v) is 7.52. The highest BCUT2D eigenvalue weighted by atomic mass is 32.1. The van der Waals surface area contributed by atoms with Gasteiger partial charge >= 0.3 is 5.97 Å². The van der Waals surface area contributed by atoms with Crippen molar-refractivity contribution in [3.05, 3.63) is 83.9 Å². The van der Waals surface area contributed by atoms with Crippen LogP contribution in [0.15, 0.2) is 66.9 Å². The van der Waals surface area contributed by atoms with E-state index in [0.717, 1.165) is 22.8 Å². The van der Waals surface area contributed by atoms with Crippen LogP contribution < -0.4 is 5.32 Å².